The zero-order valence-corrected chi connectivity index (χ0v) is 36.3. The van der Waals surface area contributed by atoms with Crippen molar-refractivity contribution in [2.45, 2.75) is 134 Å². The molecular weight excluding hydrogens is 803 g/mol. The second-order valence-corrected chi connectivity index (χ2v) is 17.0. The summed E-state index contributed by atoms with van der Waals surface area (Å²) in [6.07, 6.45) is 2.58. The number of likely N-dealkylation sites (tertiary alicyclic amines) is 2. The molecule has 20 heteroatoms. The van der Waals surface area contributed by atoms with E-state index in [0.717, 1.165) is 10.9 Å². The molecule has 0 saturated carbocycles. The van der Waals surface area contributed by atoms with Gasteiger partial charge in [-0.2, -0.15) is 0 Å². The lowest BCUT2D eigenvalue weighted by molar-refractivity contribution is -0.145. The molecule has 2 aromatic rings. The minimum Gasteiger partial charge on any atom is -0.480 e. The summed E-state index contributed by atoms with van der Waals surface area (Å²) in [5, 5.41) is 31.2. The van der Waals surface area contributed by atoms with Crippen molar-refractivity contribution in [2.75, 3.05) is 19.6 Å². The molecule has 20 nitrogen and oxygen atoms in total. The first-order chi connectivity index (χ1) is 29.3. The van der Waals surface area contributed by atoms with Crippen molar-refractivity contribution in [3.8, 4) is 0 Å². The lowest BCUT2D eigenvalue weighted by Gasteiger charge is -2.32. The number of carboxylic acid groups (broad SMARTS) is 1. The highest BCUT2D eigenvalue weighted by atomic mass is 16.4. The molecule has 1 aromatic heterocycles. The zero-order valence-electron chi connectivity index (χ0n) is 36.3. The number of hydrogen-bond donors (Lipinski definition) is 10. The van der Waals surface area contributed by atoms with E-state index >= 15 is 0 Å². The van der Waals surface area contributed by atoms with Gasteiger partial charge in [-0.1, -0.05) is 45.9 Å². The standard InChI is InChI=1S/C42H65N11O9/c1-22(2)19-27(43)39(59)52-17-9-15-32(52)37(57)50-33(23(3)4)38(58)48-29(13-8-16-46-42(44)45)40(60)53-18-10-14-31(53)36(56)49-30(35(55)51-34(24(5)54)41(61)62)20-25-21-47-28-12-7-6-11-26(25)28/h6-7,11-12,21-24,27,29-34,47,54H,8-10,13-20,43H2,1-5H3,(H,48,58)(H,49,56)(H,50,57)(H,51,55)(H,61,62)(H4,44,45,46)/t24-,27+,29+,30+,31+,32+,33+,34+/m1/s1. The van der Waals surface area contributed by atoms with Crippen molar-refractivity contribution in [3.05, 3.63) is 36.0 Å². The Hall–Kier alpha value is -5.76. The fraction of sp³-hybridized carbons (Fsp3) is 0.619. The van der Waals surface area contributed by atoms with Gasteiger partial charge in [0, 0.05) is 43.2 Å². The van der Waals surface area contributed by atoms with E-state index in [0.29, 0.717) is 37.8 Å². The number of carboxylic acids is 1. The highest BCUT2D eigenvalue weighted by molar-refractivity contribution is 5.98. The summed E-state index contributed by atoms with van der Waals surface area (Å²) in [5.41, 5.74) is 18.7. The Kier molecular flexibility index (Phi) is 17.6. The normalized spacial score (nSPS) is 19.3. The summed E-state index contributed by atoms with van der Waals surface area (Å²) >= 11 is 0. The number of aliphatic imine (C=N–C) groups is 1. The van der Waals surface area contributed by atoms with Gasteiger partial charge in [-0.25, -0.2) is 4.79 Å². The molecule has 2 fully saturated rings. The van der Waals surface area contributed by atoms with E-state index in [2.05, 4.69) is 31.2 Å². The number of nitrogens with zero attached hydrogens (tertiary/aromatic N) is 3. The number of aromatic amines is 1. The van der Waals surface area contributed by atoms with Crippen molar-refractivity contribution in [1.29, 1.82) is 0 Å². The van der Waals surface area contributed by atoms with Gasteiger partial charge in [0.1, 0.15) is 30.2 Å². The van der Waals surface area contributed by atoms with Crippen LogP contribution in [0.2, 0.25) is 0 Å². The van der Waals surface area contributed by atoms with Crippen LogP contribution in [0.5, 0.6) is 0 Å². The monoisotopic (exact) mass is 867 g/mol. The Balaban J connectivity index is 1.54. The Morgan fingerprint density at radius 3 is 2.02 bits per heavy atom. The molecular formula is C42H65N11O9. The minimum atomic E-state index is -1.66. The molecule has 0 bridgehead atoms. The van der Waals surface area contributed by atoms with Gasteiger partial charge >= 0.3 is 5.97 Å². The van der Waals surface area contributed by atoms with Gasteiger partial charge in [0.25, 0.3) is 0 Å². The number of rotatable bonds is 21. The molecule has 342 valence electrons. The maximum atomic E-state index is 14.4. The van der Waals surface area contributed by atoms with E-state index in [9.17, 15) is 43.8 Å². The molecule has 8 atom stereocenters. The number of H-pyrrole nitrogens is 1. The number of aliphatic hydroxyl groups is 1. The molecule has 4 rings (SSSR count). The van der Waals surface area contributed by atoms with Gasteiger partial charge in [-0.05, 0) is 75.3 Å². The van der Waals surface area contributed by atoms with Crippen LogP contribution in [0.4, 0.5) is 0 Å². The summed E-state index contributed by atoms with van der Waals surface area (Å²) in [4.78, 5) is 105. The number of amides is 6. The number of guanidine groups is 1. The van der Waals surface area contributed by atoms with Crippen molar-refractivity contribution in [2.24, 2.45) is 34.0 Å². The van der Waals surface area contributed by atoms with Gasteiger partial charge in [0.05, 0.1) is 12.1 Å². The first-order valence-electron chi connectivity index (χ1n) is 21.4. The maximum Gasteiger partial charge on any atom is 0.328 e. The summed E-state index contributed by atoms with van der Waals surface area (Å²) < 4.78 is 0. The Morgan fingerprint density at radius 1 is 0.823 bits per heavy atom. The van der Waals surface area contributed by atoms with Crippen LogP contribution in [0.15, 0.2) is 35.5 Å². The van der Waals surface area contributed by atoms with Gasteiger partial charge in [0.2, 0.25) is 35.4 Å². The van der Waals surface area contributed by atoms with Gasteiger partial charge in [-0.15, -0.1) is 0 Å². The van der Waals surface area contributed by atoms with Crippen molar-refractivity contribution in [3.63, 3.8) is 0 Å². The largest absolute Gasteiger partial charge is 0.480 e. The second kappa shape index (κ2) is 22.4. The van der Waals surface area contributed by atoms with Crippen LogP contribution in [0.1, 0.15) is 85.1 Å². The maximum absolute atomic E-state index is 14.4. The number of aliphatic hydroxyl groups excluding tert-OH is 1. The molecule has 0 unspecified atom stereocenters. The van der Waals surface area contributed by atoms with Crippen molar-refractivity contribution in [1.82, 2.24) is 36.1 Å². The molecule has 2 saturated heterocycles. The number of para-hydroxylation sites is 1. The number of benzene rings is 1. The lowest BCUT2D eigenvalue weighted by atomic mass is 10.0. The zero-order chi connectivity index (χ0) is 45.8. The Labute approximate surface area is 361 Å². The van der Waals surface area contributed by atoms with Crippen molar-refractivity contribution >= 4 is 58.3 Å². The van der Waals surface area contributed by atoms with Crippen LogP contribution in [0.25, 0.3) is 10.9 Å². The quantitative estimate of drug-likeness (QED) is 0.0418. The van der Waals surface area contributed by atoms with E-state index in [1.807, 2.05) is 38.1 Å². The van der Waals surface area contributed by atoms with Crippen LogP contribution in [-0.2, 0) is 40.0 Å². The first kappa shape index (κ1) is 48.9. The highest BCUT2D eigenvalue weighted by Gasteiger charge is 2.42. The van der Waals surface area contributed by atoms with Crippen molar-refractivity contribution < 1.29 is 43.8 Å². The van der Waals surface area contributed by atoms with Gasteiger partial charge in [-0.3, -0.25) is 33.8 Å². The first-order valence-corrected chi connectivity index (χ1v) is 21.4. The number of aliphatic carboxylic acids is 1. The van der Waals surface area contributed by atoms with Gasteiger partial charge < -0.3 is 63.5 Å². The van der Waals surface area contributed by atoms with Crippen LogP contribution in [-0.4, -0.2) is 140 Å². The minimum absolute atomic E-state index is 0.0578. The number of fused-ring (bicyclic) bond motifs is 1. The number of aromatic nitrogens is 1. The average molecular weight is 868 g/mol. The number of hydrogen-bond acceptors (Lipinski definition) is 10. The van der Waals surface area contributed by atoms with Gasteiger partial charge in [0.15, 0.2) is 12.0 Å². The Bertz CT molecular complexity index is 1950. The van der Waals surface area contributed by atoms with E-state index in [-0.39, 0.29) is 56.6 Å². The molecule has 13 N–H and O–H groups in total. The molecule has 1 aromatic carbocycles. The molecule has 2 aliphatic heterocycles. The third-order valence-electron chi connectivity index (χ3n) is 11.3. The number of nitrogens with one attached hydrogen (secondary N) is 5. The molecule has 0 spiro atoms. The van der Waals surface area contributed by atoms with E-state index < -0.39 is 89.8 Å². The molecule has 2 aliphatic rings. The Morgan fingerprint density at radius 2 is 1.44 bits per heavy atom. The predicted molar refractivity (Wildman–Crippen MR) is 231 cm³/mol. The summed E-state index contributed by atoms with van der Waals surface area (Å²) in [5.74, 6) is -5.50. The molecule has 3 heterocycles. The fourth-order valence-corrected chi connectivity index (χ4v) is 8.07. The van der Waals surface area contributed by atoms with Crippen LogP contribution >= 0.6 is 0 Å². The summed E-state index contributed by atoms with van der Waals surface area (Å²) in [6, 6.07) is -0.619. The smallest absolute Gasteiger partial charge is 0.328 e. The fourth-order valence-electron chi connectivity index (χ4n) is 8.07. The summed E-state index contributed by atoms with van der Waals surface area (Å²) in [7, 11) is 0. The van der Waals surface area contributed by atoms with Crippen LogP contribution in [0, 0.1) is 11.8 Å². The van der Waals surface area contributed by atoms with E-state index in [1.54, 1.807) is 20.0 Å². The number of nitrogens with two attached hydrogens (primary N) is 3. The molecule has 6 amide bonds. The molecule has 62 heavy (non-hydrogen) atoms. The number of carbonyl (C=O) groups excluding carboxylic acids is 6. The summed E-state index contributed by atoms with van der Waals surface area (Å²) in [6.45, 7) is 9.24. The SMILES string of the molecule is CC(C)C[C@H](N)C(=O)N1CCC[C@H]1C(=O)N[C@H](C(=O)N[C@@H](CCCN=C(N)N)C(=O)N1CCC[C@H]1C(=O)N[C@@H](Cc1c[nH]c2ccccc12)C(=O)N[C@H](C(=O)O)[C@@H](C)O)C(C)C. The topological polar surface area (TPSA) is 321 Å². The molecule has 0 aliphatic carbocycles. The molecule has 0 radical (unpaired) electrons. The second-order valence-electron chi connectivity index (χ2n) is 17.0. The third-order valence-corrected chi connectivity index (χ3v) is 11.3. The van der Waals surface area contributed by atoms with E-state index in [4.69, 9.17) is 17.2 Å². The highest BCUT2D eigenvalue weighted by Crippen LogP contribution is 2.24. The predicted octanol–water partition coefficient (Wildman–Crippen LogP) is -0.820. The average Bonchev–Trinajstić information content (AvgIpc) is 3.99. The number of carbonyl (C=O) groups is 7. The third kappa shape index (κ3) is 12.9. The lowest BCUT2D eigenvalue weighted by Crippen LogP contribution is -2.60. The van der Waals surface area contributed by atoms with Crippen LogP contribution in [0.3, 0.4) is 0 Å². The van der Waals surface area contributed by atoms with Crippen LogP contribution < -0.4 is 38.5 Å². The van der Waals surface area contributed by atoms with E-state index in [1.165, 1.54) is 16.7 Å².